The Balaban J connectivity index is 0.00000208. The van der Waals surface area contributed by atoms with E-state index in [1.54, 1.807) is 15.9 Å². The van der Waals surface area contributed by atoms with Gasteiger partial charge in [-0.05, 0) is 44.5 Å². The molecule has 3 rings (SSSR count). The van der Waals surface area contributed by atoms with Gasteiger partial charge in [-0.2, -0.15) is 0 Å². The molecule has 1 aromatic rings. The summed E-state index contributed by atoms with van der Waals surface area (Å²) in [4.78, 5) is 27.9. The lowest BCUT2D eigenvalue weighted by molar-refractivity contribution is -0.117. The third kappa shape index (κ3) is 3.70. The molecule has 2 aliphatic heterocycles. The second-order valence-corrected chi connectivity index (χ2v) is 6.19. The molecule has 0 aromatic heterocycles. The van der Waals surface area contributed by atoms with Crippen LogP contribution in [-0.2, 0) is 4.79 Å². The van der Waals surface area contributed by atoms with Crippen molar-refractivity contribution in [1.82, 2.24) is 10.2 Å². The van der Waals surface area contributed by atoms with Gasteiger partial charge in [0.15, 0.2) is 0 Å². The van der Waals surface area contributed by atoms with E-state index in [9.17, 15) is 14.0 Å². The van der Waals surface area contributed by atoms with E-state index in [1.165, 1.54) is 12.1 Å². The number of likely N-dealkylation sites (tertiary alicyclic amines) is 1. The number of nitrogens with one attached hydrogen (secondary N) is 1. The normalized spacial score (nSPS) is 20.9. The van der Waals surface area contributed by atoms with E-state index < -0.39 is 5.82 Å². The number of nitrogens with zero attached hydrogens (tertiary/aromatic N) is 2. The highest BCUT2D eigenvalue weighted by Gasteiger charge is 2.27. The first-order chi connectivity index (χ1) is 11.1. The van der Waals surface area contributed by atoms with Crippen molar-refractivity contribution in [2.75, 3.05) is 31.6 Å². The molecule has 1 aromatic carbocycles. The molecule has 0 aliphatic carbocycles. The molecule has 7 heteroatoms. The van der Waals surface area contributed by atoms with Crippen LogP contribution in [0.15, 0.2) is 18.2 Å². The Kier molecular flexibility index (Phi) is 6.18. The van der Waals surface area contributed by atoms with Gasteiger partial charge < -0.3 is 15.1 Å². The number of piperidine rings is 1. The largest absolute Gasteiger partial charge is 0.337 e. The maximum absolute atomic E-state index is 14.2. The molecule has 0 radical (unpaired) electrons. The smallest absolute Gasteiger partial charge is 0.256 e. The average Bonchev–Trinajstić information content (AvgIpc) is 3.01. The lowest BCUT2D eigenvalue weighted by atomic mass is 10.0. The lowest BCUT2D eigenvalue weighted by Gasteiger charge is -2.32. The fourth-order valence-electron chi connectivity index (χ4n) is 3.33. The minimum absolute atomic E-state index is 0. The third-order valence-corrected chi connectivity index (χ3v) is 4.68. The zero-order chi connectivity index (χ0) is 16.4. The third-order valence-electron chi connectivity index (χ3n) is 4.68. The number of carbonyl (C=O) groups is 2. The molecule has 2 saturated heterocycles. The van der Waals surface area contributed by atoms with Crippen molar-refractivity contribution in [2.45, 2.75) is 31.7 Å². The summed E-state index contributed by atoms with van der Waals surface area (Å²) in [5.74, 6) is -0.795. The molecule has 0 bridgehead atoms. The van der Waals surface area contributed by atoms with Crippen molar-refractivity contribution in [3.05, 3.63) is 29.6 Å². The van der Waals surface area contributed by atoms with Gasteiger partial charge in [0.2, 0.25) is 5.91 Å². The molecule has 0 spiro atoms. The molecule has 1 atom stereocenters. The number of benzene rings is 1. The maximum atomic E-state index is 14.2. The monoisotopic (exact) mass is 355 g/mol. The highest BCUT2D eigenvalue weighted by molar-refractivity contribution is 5.99. The first-order valence-corrected chi connectivity index (χ1v) is 8.16. The molecule has 2 heterocycles. The molecule has 0 saturated carbocycles. The highest BCUT2D eigenvalue weighted by Crippen LogP contribution is 2.25. The number of amides is 2. The Bertz CT molecular complexity index is 626. The predicted octanol–water partition coefficient (Wildman–Crippen LogP) is 2.20. The number of rotatable bonds is 3. The average molecular weight is 356 g/mol. The number of hydrogen-bond acceptors (Lipinski definition) is 3. The van der Waals surface area contributed by atoms with Gasteiger partial charge in [0.05, 0.1) is 5.56 Å². The Labute approximate surface area is 147 Å². The first-order valence-electron chi connectivity index (χ1n) is 8.16. The molecule has 5 nitrogen and oxygen atoms in total. The molecule has 2 aliphatic rings. The van der Waals surface area contributed by atoms with Crippen molar-refractivity contribution in [1.29, 1.82) is 0 Å². The van der Waals surface area contributed by atoms with E-state index in [4.69, 9.17) is 0 Å². The van der Waals surface area contributed by atoms with Gasteiger partial charge in [0.25, 0.3) is 5.91 Å². The molecule has 2 amide bonds. The first kappa shape index (κ1) is 18.7. The van der Waals surface area contributed by atoms with E-state index in [1.807, 2.05) is 7.05 Å². The van der Waals surface area contributed by atoms with Gasteiger partial charge >= 0.3 is 0 Å². The Hall–Kier alpha value is -1.66. The van der Waals surface area contributed by atoms with E-state index in [2.05, 4.69) is 5.32 Å². The molecular formula is C17H23ClFN3O2. The number of carbonyl (C=O) groups excluding carboxylic acids is 2. The number of anilines is 1. The van der Waals surface area contributed by atoms with Gasteiger partial charge in [0, 0.05) is 37.8 Å². The van der Waals surface area contributed by atoms with Crippen molar-refractivity contribution in [2.24, 2.45) is 0 Å². The molecule has 1 N–H and O–H groups in total. The van der Waals surface area contributed by atoms with E-state index >= 15 is 0 Å². The molecule has 24 heavy (non-hydrogen) atoms. The summed E-state index contributed by atoms with van der Waals surface area (Å²) in [6.07, 6.45) is 3.24. The summed E-state index contributed by atoms with van der Waals surface area (Å²) in [6, 6.07) is 4.62. The van der Waals surface area contributed by atoms with Crippen LogP contribution >= 0.6 is 12.4 Å². The molecular weight excluding hydrogens is 333 g/mol. The van der Waals surface area contributed by atoms with Crippen LogP contribution in [0, 0.1) is 5.82 Å². The van der Waals surface area contributed by atoms with Gasteiger partial charge in [-0.25, -0.2) is 4.39 Å². The van der Waals surface area contributed by atoms with Gasteiger partial charge in [-0.3, -0.25) is 9.59 Å². The maximum Gasteiger partial charge on any atom is 0.256 e. The summed E-state index contributed by atoms with van der Waals surface area (Å²) in [7, 11) is 1.87. The van der Waals surface area contributed by atoms with Gasteiger partial charge in [0.1, 0.15) is 5.82 Å². The second-order valence-electron chi connectivity index (χ2n) is 6.19. The van der Waals surface area contributed by atoms with E-state index in [0.717, 1.165) is 19.3 Å². The SMILES string of the molecule is CNC1CCCN(C(=O)c2cc(N3CCCC3=O)ccc2F)C1.Cl. The van der Waals surface area contributed by atoms with Crippen molar-refractivity contribution in [3.63, 3.8) is 0 Å². The topological polar surface area (TPSA) is 52.7 Å². The van der Waals surface area contributed by atoms with Crippen LogP contribution in [0.2, 0.25) is 0 Å². The van der Waals surface area contributed by atoms with E-state index in [-0.39, 0.29) is 35.8 Å². The van der Waals surface area contributed by atoms with Crippen LogP contribution in [0.5, 0.6) is 0 Å². The summed E-state index contributed by atoms with van der Waals surface area (Å²) < 4.78 is 14.2. The van der Waals surface area contributed by atoms with Crippen LogP contribution in [0.4, 0.5) is 10.1 Å². The van der Waals surface area contributed by atoms with Crippen LogP contribution in [0.25, 0.3) is 0 Å². The minimum Gasteiger partial charge on any atom is -0.337 e. The van der Waals surface area contributed by atoms with Crippen LogP contribution < -0.4 is 10.2 Å². The minimum atomic E-state index is -0.531. The predicted molar refractivity (Wildman–Crippen MR) is 93.2 cm³/mol. The number of halogens is 2. The lowest BCUT2D eigenvalue weighted by Crippen LogP contribution is -2.47. The van der Waals surface area contributed by atoms with Gasteiger partial charge in [-0.1, -0.05) is 0 Å². The van der Waals surface area contributed by atoms with Crippen molar-refractivity contribution >= 4 is 29.9 Å². The Morgan fingerprint density at radius 3 is 2.75 bits per heavy atom. The van der Waals surface area contributed by atoms with Crippen LogP contribution in [0.3, 0.4) is 0 Å². The number of likely N-dealkylation sites (N-methyl/N-ethyl adjacent to an activating group) is 1. The molecule has 2 fully saturated rings. The van der Waals surface area contributed by atoms with Crippen molar-refractivity contribution < 1.29 is 14.0 Å². The van der Waals surface area contributed by atoms with Crippen LogP contribution in [-0.4, -0.2) is 49.4 Å². The van der Waals surface area contributed by atoms with E-state index in [0.29, 0.717) is 31.7 Å². The summed E-state index contributed by atoms with van der Waals surface area (Å²) in [6.45, 7) is 1.86. The molecule has 132 valence electrons. The zero-order valence-electron chi connectivity index (χ0n) is 13.8. The summed E-state index contributed by atoms with van der Waals surface area (Å²) in [5, 5.41) is 3.18. The van der Waals surface area contributed by atoms with Crippen molar-refractivity contribution in [3.8, 4) is 0 Å². The fourth-order valence-corrected chi connectivity index (χ4v) is 3.33. The zero-order valence-corrected chi connectivity index (χ0v) is 14.6. The Morgan fingerprint density at radius 2 is 2.08 bits per heavy atom. The highest BCUT2D eigenvalue weighted by atomic mass is 35.5. The quantitative estimate of drug-likeness (QED) is 0.904. The standard InChI is InChI=1S/C17H22FN3O2.ClH/c1-19-12-4-2-8-20(11-12)17(23)14-10-13(6-7-15(14)18)21-9-3-5-16(21)22;/h6-7,10,12,19H,2-5,8-9,11H2,1H3;1H. The Morgan fingerprint density at radius 1 is 1.29 bits per heavy atom. The molecule has 1 unspecified atom stereocenters. The second kappa shape index (κ2) is 7.94. The number of hydrogen-bond donors (Lipinski definition) is 1. The summed E-state index contributed by atoms with van der Waals surface area (Å²) >= 11 is 0. The fraction of sp³-hybridized carbons (Fsp3) is 0.529. The summed E-state index contributed by atoms with van der Waals surface area (Å²) in [5.41, 5.74) is 0.665. The van der Waals surface area contributed by atoms with Gasteiger partial charge in [-0.15, -0.1) is 12.4 Å². The van der Waals surface area contributed by atoms with Crippen LogP contribution in [0.1, 0.15) is 36.0 Å².